The van der Waals surface area contributed by atoms with E-state index in [1.54, 1.807) is 0 Å². The first kappa shape index (κ1) is 16.7. The SMILES string of the molecule is CC(C)C(C)(C)N1CCN(CCC#N)CC1[SiH](C)C. The first-order valence-electron chi connectivity index (χ1n) is 7.66. The molecule has 1 unspecified atom stereocenters. The Morgan fingerprint density at radius 3 is 2.42 bits per heavy atom. The Labute approximate surface area is 121 Å². The van der Waals surface area contributed by atoms with Gasteiger partial charge in [-0.05, 0) is 19.8 Å². The lowest BCUT2D eigenvalue weighted by Crippen LogP contribution is -2.65. The topological polar surface area (TPSA) is 30.3 Å². The summed E-state index contributed by atoms with van der Waals surface area (Å²) in [6.07, 6.45) is 0.667. The van der Waals surface area contributed by atoms with Crippen LogP contribution in [0.4, 0.5) is 0 Å². The maximum Gasteiger partial charge on any atom is 0.0635 e. The predicted octanol–water partition coefficient (Wildman–Crippen LogP) is 2.35. The number of piperazine rings is 1. The van der Waals surface area contributed by atoms with E-state index in [-0.39, 0.29) is 5.54 Å². The summed E-state index contributed by atoms with van der Waals surface area (Å²) in [5.74, 6) is 0.674. The van der Waals surface area contributed by atoms with Crippen molar-refractivity contribution in [1.29, 1.82) is 5.26 Å². The Bertz CT molecular complexity index is 320. The van der Waals surface area contributed by atoms with Crippen LogP contribution in [-0.4, -0.2) is 56.0 Å². The quantitative estimate of drug-likeness (QED) is 0.725. The van der Waals surface area contributed by atoms with Crippen molar-refractivity contribution >= 4 is 8.80 Å². The van der Waals surface area contributed by atoms with E-state index in [2.05, 4.69) is 56.7 Å². The smallest absolute Gasteiger partial charge is 0.0635 e. The molecule has 3 nitrogen and oxygen atoms in total. The Kier molecular flexibility index (Phi) is 6.03. The second-order valence-corrected chi connectivity index (χ2v) is 10.3. The fourth-order valence-corrected chi connectivity index (χ4v) is 4.87. The Hall–Kier alpha value is -0.373. The highest BCUT2D eigenvalue weighted by molar-refractivity contribution is 6.57. The fraction of sp³-hybridized carbons (Fsp3) is 0.933. The van der Waals surface area contributed by atoms with Gasteiger partial charge in [0.05, 0.1) is 14.9 Å². The Morgan fingerprint density at radius 1 is 1.32 bits per heavy atom. The highest BCUT2D eigenvalue weighted by atomic mass is 28.3. The first-order valence-corrected chi connectivity index (χ1v) is 10.6. The van der Waals surface area contributed by atoms with E-state index < -0.39 is 8.80 Å². The molecule has 1 aliphatic rings. The normalized spacial score (nSPS) is 23.0. The van der Waals surface area contributed by atoms with Gasteiger partial charge in [0.2, 0.25) is 0 Å². The van der Waals surface area contributed by atoms with Crippen LogP contribution < -0.4 is 0 Å². The van der Waals surface area contributed by atoms with Crippen LogP contribution in [0.1, 0.15) is 34.1 Å². The minimum atomic E-state index is -0.722. The second kappa shape index (κ2) is 6.87. The van der Waals surface area contributed by atoms with Crippen molar-refractivity contribution in [3.8, 4) is 6.07 Å². The highest BCUT2D eigenvalue weighted by Crippen LogP contribution is 2.29. The van der Waals surface area contributed by atoms with Crippen LogP contribution in [0.2, 0.25) is 13.1 Å². The molecular formula is C15H31N3Si. The molecule has 0 aromatic heterocycles. The lowest BCUT2D eigenvalue weighted by Gasteiger charge is -2.52. The first-order chi connectivity index (χ1) is 8.80. The lowest BCUT2D eigenvalue weighted by atomic mass is 9.88. The van der Waals surface area contributed by atoms with Crippen LogP contribution in [0.3, 0.4) is 0 Å². The minimum absolute atomic E-state index is 0.281. The molecule has 0 aromatic rings. The van der Waals surface area contributed by atoms with Crippen LogP contribution in [0, 0.1) is 17.2 Å². The van der Waals surface area contributed by atoms with Gasteiger partial charge in [-0.1, -0.05) is 26.9 Å². The van der Waals surface area contributed by atoms with Gasteiger partial charge in [0.15, 0.2) is 0 Å². The van der Waals surface area contributed by atoms with E-state index in [0.717, 1.165) is 25.3 Å². The zero-order valence-electron chi connectivity index (χ0n) is 13.6. The summed E-state index contributed by atoms with van der Waals surface area (Å²) >= 11 is 0. The molecule has 0 spiro atoms. The summed E-state index contributed by atoms with van der Waals surface area (Å²) in [6, 6.07) is 2.27. The third-order valence-corrected chi connectivity index (χ3v) is 7.08. The van der Waals surface area contributed by atoms with Crippen LogP contribution in [0.5, 0.6) is 0 Å². The van der Waals surface area contributed by atoms with E-state index in [4.69, 9.17) is 5.26 Å². The fourth-order valence-electron chi connectivity index (χ4n) is 2.90. The summed E-state index contributed by atoms with van der Waals surface area (Å²) in [4.78, 5) is 5.26. The van der Waals surface area contributed by atoms with Gasteiger partial charge < -0.3 is 0 Å². The summed E-state index contributed by atoms with van der Waals surface area (Å²) in [6.45, 7) is 18.8. The monoisotopic (exact) mass is 281 g/mol. The Balaban J connectivity index is 2.77. The zero-order chi connectivity index (χ0) is 14.6. The standard InChI is InChI=1S/C15H31N3Si/c1-13(2)15(3,4)18-11-10-17(9-7-8-16)12-14(18)19(5)6/h13-14,19H,7,9-12H2,1-6H3. The number of hydrogen-bond donors (Lipinski definition) is 0. The minimum Gasteiger partial charge on any atom is -0.300 e. The van der Waals surface area contributed by atoms with E-state index in [1.165, 1.54) is 6.54 Å². The third-order valence-electron chi connectivity index (χ3n) is 4.97. The predicted molar refractivity (Wildman–Crippen MR) is 85.0 cm³/mol. The van der Waals surface area contributed by atoms with E-state index in [1.807, 2.05) is 0 Å². The second-order valence-electron chi connectivity index (χ2n) is 7.02. The van der Waals surface area contributed by atoms with Gasteiger partial charge in [-0.3, -0.25) is 9.80 Å². The molecule has 110 valence electrons. The molecule has 1 heterocycles. The molecule has 0 radical (unpaired) electrons. The van der Waals surface area contributed by atoms with E-state index in [0.29, 0.717) is 12.3 Å². The van der Waals surface area contributed by atoms with Crippen molar-refractivity contribution < 1.29 is 0 Å². The molecule has 19 heavy (non-hydrogen) atoms. The number of nitriles is 1. The van der Waals surface area contributed by atoms with Crippen molar-refractivity contribution in [3.05, 3.63) is 0 Å². The maximum absolute atomic E-state index is 8.75. The maximum atomic E-state index is 8.75. The van der Waals surface area contributed by atoms with Gasteiger partial charge in [0, 0.05) is 43.8 Å². The molecule has 1 fully saturated rings. The zero-order valence-corrected chi connectivity index (χ0v) is 14.8. The van der Waals surface area contributed by atoms with Crippen molar-refractivity contribution in [2.45, 2.75) is 58.4 Å². The highest BCUT2D eigenvalue weighted by Gasteiger charge is 2.39. The summed E-state index contributed by atoms with van der Waals surface area (Å²) in [5.41, 5.74) is 1.02. The number of hydrogen-bond acceptors (Lipinski definition) is 3. The average Bonchev–Trinajstić information content (AvgIpc) is 2.35. The number of nitrogens with zero attached hydrogens (tertiary/aromatic N) is 3. The van der Waals surface area contributed by atoms with Gasteiger partial charge in [-0.2, -0.15) is 5.26 Å². The van der Waals surface area contributed by atoms with Crippen LogP contribution in [0.25, 0.3) is 0 Å². The van der Waals surface area contributed by atoms with Crippen LogP contribution in [0.15, 0.2) is 0 Å². The van der Waals surface area contributed by atoms with Gasteiger partial charge >= 0.3 is 0 Å². The summed E-state index contributed by atoms with van der Waals surface area (Å²) < 4.78 is 0. The van der Waals surface area contributed by atoms with E-state index >= 15 is 0 Å². The third kappa shape index (κ3) is 4.04. The van der Waals surface area contributed by atoms with Crippen molar-refractivity contribution in [1.82, 2.24) is 9.80 Å². The lowest BCUT2D eigenvalue weighted by molar-refractivity contribution is 0.00740. The van der Waals surface area contributed by atoms with Crippen LogP contribution in [-0.2, 0) is 0 Å². The average molecular weight is 282 g/mol. The molecule has 1 atom stereocenters. The molecule has 0 saturated carbocycles. The Morgan fingerprint density at radius 2 is 1.95 bits per heavy atom. The molecule has 1 aliphatic heterocycles. The molecule has 0 N–H and O–H groups in total. The van der Waals surface area contributed by atoms with Crippen molar-refractivity contribution in [2.75, 3.05) is 26.2 Å². The van der Waals surface area contributed by atoms with Crippen LogP contribution >= 0.6 is 0 Å². The molecular weight excluding hydrogens is 250 g/mol. The van der Waals surface area contributed by atoms with Gasteiger partial charge in [-0.15, -0.1) is 0 Å². The largest absolute Gasteiger partial charge is 0.300 e. The molecule has 0 aromatic carbocycles. The molecule has 0 bridgehead atoms. The van der Waals surface area contributed by atoms with Crippen molar-refractivity contribution in [2.24, 2.45) is 5.92 Å². The van der Waals surface area contributed by atoms with E-state index in [9.17, 15) is 0 Å². The van der Waals surface area contributed by atoms with Gasteiger partial charge in [-0.25, -0.2) is 0 Å². The summed E-state index contributed by atoms with van der Waals surface area (Å²) in [5, 5.41) is 8.75. The number of rotatable bonds is 5. The molecule has 0 amide bonds. The van der Waals surface area contributed by atoms with Crippen molar-refractivity contribution in [3.63, 3.8) is 0 Å². The molecule has 0 aliphatic carbocycles. The molecule has 4 heteroatoms. The molecule has 1 saturated heterocycles. The molecule has 1 rings (SSSR count). The van der Waals surface area contributed by atoms with Gasteiger partial charge in [0.1, 0.15) is 0 Å². The summed E-state index contributed by atoms with van der Waals surface area (Å²) in [7, 11) is -0.722. The van der Waals surface area contributed by atoms with Gasteiger partial charge in [0.25, 0.3) is 0 Å².